The number of amides is 1. The molecule has 8 heteroatoms. The van der Waals surface area contributed by atoms with Crippen LogP contribution in [-0.4, -0.2) is 45.7 Å². The maximum atomic E-state index is 12.3. The van der Waals surface area contributed by atoms with Crippen molar-refractivity contribution in [3.8, 4) is 11.5 Å². The Bertz CT molecular complexity index is 847. The molecule has 0 spiro atoms. The van der Waals surface area contributed by atoms with E-state index < -0.39 is 0 Å². The molecule has 5 rings (SSSR count). The Hall–Kier alpha value is -2.22. The van der Waals surface area contributed by atoms with Gasteiger partial charge in [0.15, 0.2) is 16.7 Å². The molecule has 142 valence electrons. The number of carbonyl (C=O) groups excluding carboxylic acids is 1. The van der Waals surface area contributed by atoms with Gasteiger partial charge < -0.3 is 19.4 Å². The molecular weight excluding hydrogens is 364 g/mol. The summed E-state index contributed by atoms with van der Waals surface area (Å²) in [5.74, 6) is 3.48. The lowest BCUT2D eigenvalue weighted by atomic mass is 10.2. The summed E-state index contributed by atoms with van der Waals surface area (Å²) in [5.41, 5.74) is 0. The number of nitrogens with zero attached hydrogens (tertiary/aromatic N) is 3. The van der Waals surface area contributed by atoms with Gasteiger partial charge in [-0.25, -0.2) is 0 Å². The van der Waals surface area contributed by atoms with Crippen LogP contribution in [-0.2, 0) is 4.79 Å². The van der Waals surface area contributed by atoms with Crippen molar-refractivity contribution in [2.24, 2.45) is 0 Å². The van der Waals surface area contributed by atoms with Crippen LogP contribution in [0, 0.1) is 0 Å². The molecule has 2 fully saturated rings. The number of para-hydroxylation sites is 2. The third-order valence-electron chi connectivity index (χ3n) is 4.97. The predicted molar refractivity (Wildman–Crippen MR) is 100 cm³/mol. The van der Waals surface area contributed by atoms with Crippen LogP contribution in [0.1, 0.15) is 43.5 Å². The first-order valence-electron chi connectivity index (χ1n) is 9.50. The first-order chi connectivity index (χ1) is 13.3. The zero-order valence-electron chi connectivity index (χ0n) is 15.0. The highest BCUT2D eigenvalue weighted by atomic mass is 32.2. The number of thioether (sulfide) groups is 1. The lowest BCUT2D eigenvalue weighted by Crippen LogP contribution is -2.41. The van der Waals surface area contributed by atoms with E-state index in [-0.39, 0.29) is 12.0 Å². The van der Waals surface area contributed by atoms with Gasteiger partial charge in [-0.1, -0.05) is 23.9 Å². The monoisotopic (exact) mass is 386 g/mol. The van der Waals surface area contributed by atoms with E-state index in [4.69, 9.17) is 9.47 Å². The number of nitrogens with one attached hydrogen (secondary N) is 1. The summed E-state index contributed by atoms with van der Waals surface area (Å²) in [6.07, 6.45) is 4.63. The van der Waals surface area contributed by atoms with Gasteiger partial charge in [-0.2, -0.15) is 0 Å². The normalized spacial score (nSPS) is 21.1. The van der Waals surface area contributed by atoms with Gasteiger partial charge in [0.2, 0.25) is 5.91 Å². The van der Waals surface area contributed by atoms with E-state index in [1.54, 1.807) is 0 Å². The molecule has 2 aromatic rings. The van der Waals surface area contributed by atoms with Crippen molar-refractivity contribution in [1.82, 2.24) is 20.1 Å². The van der Waals surface area contributed by atoms with Crippen LogP contribution in [0.5, 0.6) is 11.5 Å². The molecule has 7 nitrogen and oxygen atoms in total. The van der Waals surface area contributed by atoms with Gasteiger partial charge in [0.1, 0.15) is 18.5 Å². The van der Waals surface area contributed by atoms with Crippen molar-refractivity contribution in [3.05, 3.63) is 30.1 Å². The van der Waals surface area contributed by atoms with Gasteiger partial charge >= 0.3 is 0 Å². The van der Waals surface area contributed by atoms with E-state index in [0.29, 0.717) is 30.9 Å². The van der Waals surface area contributed by atoms with Crippen LogP contribution >= 0.6 is 11.8 Å². The van der Waals surface area contributed by atoms with Gasteiger partial charge in [0, 0.05) is 12.0 Å². The average Bonchev–Trinajstić information content (AvgIpc) is 3.63. The SMILES string of the molecule is O=C(CSc1nnc(C2CC2)n1C1CC1)NCC1COc2ccccc2O1. The topological polar surface area (TPSA) is 78.3 Å². The molecule has 1 unspecified atom stereocenters. The average molecular weight is 386 g/mol. The zero-order valence-corrected chi connectivity index (χ0v) is 15.8. The Morgan fingerprint density at radius 3 is 2.78 bits per heavy atom. The Labute approximate surface area is 161 Å². The molecule has 2 aliphatic carbocycles. The number of aromatic nitrogens is 3. The van der Waals surface area contributed by atoms with Gasteiger partial charge in [-0.3, -0.25) is 4.79 Å². The minimum atomic E-state index is -0.176. The number of hydrogen-bond acceptors (Lipinski definition) is 6. The third kappa shape index (κ3) is 3.76. The van der Waals surface area contributed by atoms with Gasteiger partial charge in [-0.05, 0) is 37.8 Å². The van der Waals surface area contributed by atoms with E-state index in [0.717, 1.165) is 22.5 Å². The summed E-state index contributed by atoms with van der Waals surface area (Å²) >= 11 is 1.47. The van der Waals surface area contributed by atoms with Crippen LogP contribution in [0.2, 0.25) is 0 Å². The number of carbonyl (C=O) groups is 1. The van der Waals surface area contributed by atoms with E-state index in [1.807, 2.05) is 24.3 Å². The van der Waals surface area contributed by atoms with Crippen LogP contribution in [0.15, 0.2) is 29.4 Å². The van der Waals surface area contributed by atoms with Gasteiger partial charge in [-0.15, -0.1) is 10.2 Å². The lowest BCUT2D eigenvalue weighted by Gasteiger charge is -2.26. The molecule has 1 aliphatic heterocycles. The van der Waals surface area contributed by atoms with Crippen LogP contribution in [0.4, 0.5) is 0 Å². The maximum Gasteiger partial charge on any atom is 0.230 e. The van der Waals surface area contributed by atoms with E-state index in [2.05, 4.69) is 20.1 Å². The summed E-state index contributed by atoms with van der Waals surface area (Å²) < 4.78 is 13.8. The highest BCUT2D eigenvalue weighted by molar-refractivity contribution is 7.99. The Balaban J connectivity index is 1.12. The van der Waals surface area contributed by atoms with E-state index in [1.165, 1.54) is 37.4 Å². The van der Waals surface area contributed by atoms with Crippen molar-refractivity contribution >= 4 is 17.7 Å². The molecule has 1 aromatic carbocycles. The summed E-state index contributed by atoms with van der Waals surface area (Å²) in [4.78, 5) is 12.3. The minimum Gasteiger partial charge on any atom is -0.486 e. The van der Waals surface area contributed by atoms with Gasteiger partial charge in [0.05, 0.1) is 12.3 Å². The molecule has 2 heterocycles. The summed E-state index contributed by atoms with van der Waals surface area (Å²) in [6.45, 7) is 0.863. The highest BCUT2D eigenvalue weighted by Crippen LogP contribution is 2.45. The number of fused-ring (bicyclic) bond motifs is 1. The Morgan fingerprint density at radius 2 is 2.00 bits per heavy atom. The molecule has 1 N–H and O–H groups in total. The molecule has 2 saturated carbocycles. The van der Waals surface area contributed by atoms with Crippen molar-refractivity contribution in [1.29, 1.82) is 0 Å². The third-order valence-corrected chi connectivity index (χ3v) is 5.92. The fraction of sp³-hybridized carbons (Fsp3) is 0.526. The fourth-order valence-corrected chi connectivity index (χ4v) is 4.10. The molecular formula is C19H22N4O3S. The molecule has 0 saturated heterocycles. The largest absolute Gasteiger partial charge is 0.486 e. The first kappa shape index (κ1) is 16.9. The van der Waals surface area contributed by atoms with E-state index >= 15 is 0 Å². The smallest absolute Gasteiger partial charge is 0.230 e. The predicted octanol–water partition coefficient (Wildman–Crippen LogP) is 2.54. The lowest BCUT2D eigenvalue weighted by molar-refractivity contribution is -0.119. The second-order valence-corrected chi connectivity index (χ2v) is 8.25. The molecule has 1 atom stereocenters. The fourth-order valence-electron chi connectivity index (χ4n) is 3.26. The Morgan fingerprint density at radius 1 is 1.19 bits per heavy atom. The molecule has 27 heavy (non-hydrogen) atoms. The standard InChI is InChI=1S/C19H22N4O3S/c24-17(20-9-14-10-25-15-3-1-2-4-16(15)26-14)11-27-19-22-21-18(12-5-6-12)23(19)13-7-8-13/h1-4,12-14H,5-11H2,(H,20,24). The summed E-state index contributed by atoms with van der Waals surface area (Å²) in [5, 5.41) is 12.5. The van der Waals surface area contributed by atoms with Crippen LogP contribution < -0.4 is 14.8 Å². The molecule has 0 radical (unpaired) electrons. The summed E-state index contributed by atoms with van der Waals surface area (Å²) in [6, 6.07) is 8.12. The second-order valence-electron chi connectivity index (χ2n) is 7.31. The quantitative estimate of drug-likeness (QED) is 0.737. The van der Waals surface area contributed by atoms with Crippen LogP contribution in [0.25, 0.3) is 0 Å². The maximum absolute atomic E-state index is 12.3. The molecule has 3 aliphatic rings. The second kappa shape index (κ2) is 7.07. The van der Waals surface area contributed by atoms with Crippen molar-refractivity contribution in [2.45, 2.75) is 48.9 Å². The zero-order chi connectivity index (χ0) is 18.2. The number of hydrogen-bond donors (Lipinski definition) is 1. The van der Waals surface area contributed by atoms with Crippen LogP contribution in [0.3, 0.4) is 0 Å². The summed E-state index contributed by atoms with van der Waals surface area (Å²) in [7, 11) is 0. The molecule has 0 bridgehead atoms. The number of benzene rings is 1. The van der Waals surface area contributed by atoms with Crippen molar-refractivity contribution in [3.63, 3.8) is 0 Å². The van der Waals surface area contributed by atoms with Gasteiger partial charge in [0.25, 0.3) is 0 Å². The molecule has 1 aromatic heterocycles. The minimum absolute atomic E-state index is 0.0271. The number of ether oxygens (including phenoxy) is 2. The number of rotatable bonds is 7. The first-order valence-corrected chi connectivity index (χ1v) is 10.5. The highest BCUT2D eigenvalue weighted by Gasteiger charge is 2.36. The van der Waals surface area contributed by atoms with Crippen molar-refractivity contribution < 1.29 is 14.3 Å². The van der Waals surface area contributed by atoms with Crippen molar-refractivity contribution in [2.75, 3.05) is 18.9 Å². The van der Waals surface area contributed by atoms with E-state index in [9.17, 15) is 4.79 Å². The Kier molecular flexibility index (Phi) is 4.43. The molecule has 1 amide bonds.